The van der Waals surface area contributed by atoms with Crippen LogP contribution in [0.25, 0.3) is 11.4 Å². The van der Waals surface area contributed by atoms with Crippen LogP contribution in [-0.4, -0.2) is 14.5 Å². The molecule has 0 amide bonds. The molecule has 0 aliphatic heterocycles. The van der Waals surface area contributed by atoms with Crippen molar-refractivity contribution < 1.29 is 0 Å². The molecule has 0 fully saturated rings. The van der Waals surface area contributed by atoms with E-state index in [9.17, 15) is 0 Å². The highest BCUT2D eigenvalue weighted by Crippen LogP contribution is 2.17. The largest absolute Gasteiger partial charge is 0.325 e. The number of pyridine rings is 1. The minimum absolute atomic E-state index is 0.531. The molecule has 0 aromatic carbocycles. The summed E-state index contributed by atoms with van der Waals surface area (Å²) in [5.74, 6) is 0. The van der Waals surface area contributed by atoms with Gasteiger partial charge in [0.15, 0.2) is 0 Å². The van der Waals surface area contributed by atoms with Gasteiger partial charge in [0.2, 0.25) is 0 Å². The molecule has 0 saturated heterocycles. The first-order valence-corrected chi connectivity index (χ1v) is 4.15. The Balaban J connectivity index is 2.59. The highest BCUT2D eigenvalue weighted by atomic mass is 15.0. The Bertz CT molecular complexity index is 479. The fraction of sp³-hybridized carbons (Fsp3) is 0.100. The third kappa shape index (κ3) is 1.25. The van der Waals surface area contributed by atoms with E-state index in [0.29, 0.717) is 11.4 Å². The summed E-state index contributed by atoms with van der Waals surface area (Å²) in [4.78, 5) is 8.28. The first-order chi connectivity index (χ1) is 6.83. The summed E-state index contributed by atoms with van der Waals surface area (Å²) < 4.78 is 1.68. The van der Waals surface area contributed by atoms with Gasteiger partial charge in [0.25, 0.3) is 0 Å². The van der Waals surface area contributed by atoms with E-state index < -0.39 is 0 Å². The smallest absolute Gasteiger partial charge is 0.149 e. The van der Waals surface area contributed by atoms with Crippen molar-refractivity contribution in [3.8, 4) is 17.5 Å². The van der Waals surface area contributed by atoms with Gasteiger partial charge in [-0.15, -0.1) is 0 Å². The van der Waals surface area contributed by atoms with Crippen LogP contribution < -0.4 is 0 Å². The standard InChI is InChI=1S/C10H8N4/c1-14-7-13-10(9(14)6-11)8-4-2-3-5-12-8/h2-5,7H,1H3. The van der Waals surface area contributed by atoms with Gasteiger partial charge in [-0.25, -0.2) is 4.98 Å². The van der Waals surface area contributed by atoms with Gasteiger partial charge in [-0.3, -0.25) is 4.98 Å². The molecule has 2 aromatic heterocycles. The van der Waals surface area contributed by atoms with Gasteiger partial charge in [0.1, 0.15) is 17.5 Å². The highest BCUT2D eigenvalue weighted by molar-refractivity contribution is 5.60. The number of imidazole rings is 1. The topological polar surface area (TPSA) is 54.5 Å². The maximum atomic E-state index is 8.91. The zero-order chi connectivity index (χ0) is 9.97. The Morgan fingerprint density at radius 3 is 2.86 bits per heavy atom. The van der Waals surface area contributed by atoms with Crippen molar-refractivity contribution >= 4 is 0 Å². The summed E-state index contributed by atoms with van der Waals surface area (Å²) in [6.45, 7) is 0. The Morgan fingerprint density at radius 1 is 1.36 bits per heavy atom. The molecule has 4 heteroatoms. The van der Waals surface area contributed by atoms with Gasteiger partial charge in [0.05, 0.1) is 12.0 Å². The molecule has 68 valence electrons. The fourth-order valence-corrected chi connectivity index (χ4v) is 1.25. The summed E-state index contributed by atoms with van der Waals surface area (Å²) in [6, 6.07) is 7.64. The molecule has 0 spiro atoms. The van der Waals surface area contributed by atoms with Crippen LogP contribution in [0.3, 0.4) is 0 Å². The van der Waals surface area contributed by atoms with Crippen LogP contribution in [0, 0.1) is 11.3 Å². The van der Waals surface area contributed by atoms with E-state index in [1.54, 1.807) is 24.1 Å². The van der Waals surface area contributed by atoms with Crippen LogP contribution in [0.1, 0.15) is 5.69 Å². The summed E-state index contributed by atoms with van der Waals surface area (Å²) >= 11 is 0. The third-order valence-corrected chi connectivity index (χ3v) is 1.95. The minimum atomic E-state index is 0.531. The van der Waals surface area contributed by atoms with E-state index in [1.165, 1.54) is 0 Å². The van der Waals surface area contributed by atoms with Crippen LogP contribution in [0.2, 0.25) is 0 Å². The molecule has 2 heterocycles. The van der Waals surface area contributed by atoms with E-state index in [4.69, 9.17) is 5.26 Å². The summed E-state index contributed by atoms with van der Waals surface area (Å²) in [7, 11) is 1.79. The maximum Gasteiger partial charge on any atom is 0.149 e. The molecule has 0 saturated carbocycles. The molecule has 2 aromatic rings. The van der Waals surface area contributed by atoms with Crippen molar-refractivity contribution in [2.24, 2.45) is 7.05 Å². The number of nitriles is 1. The number of nitrogens with zero attached hydrogens (tertiary/aromatic N) is 4. The molecule has 4 nitrogen and oxygen atoms in total. The van der Waals surface area contributed by atoms with Gasteiger partial charge in [-0.2, -0.15) is 5.26 Å². The maximum absolute atomic E-state index is 8.91. The van der Waals surface area contributed by atoms with Crippen LogP contribution in [0.4, 0.5) is 0 Å². The zero-order valence-electron chi connectivity index (χ0n) is 7.68. The van der Waals surface area contributed by atoms with E-state index in [0.717, 1.165) is 5.69 Å². The van der Waals surface area contributed by atoms with E-state index in [-0.39, 0.29) is 0 Å². The molecule has 0 aliphatic carbocycles. The van der Waals surface area contributed by atoms with E-state index >= 15 is 0 Å². The number of hydrogen-bond acceptors (Lipinski definition) is 3. The van der Waals surface area contributed by atoms with Crippen molar-refractivity contribution in [3.63, 3.8) is 0 Å². The Labute approximate surface area is 81.5 Å². The van der Waals surface area contributed by atoms with Crippen molar-refractivity contribution in [2.45, 2.75) is 0 Å². The predicted molar refractivity (Wildman–Crippen MR) is 51.2 cm³/mol. The zero-order valence-corrected chi connectivity index (χ0v) is 7.68. The lowest BCUT2D eigenvalue weighted by molar-refractivity contribution is 0.896. The normalized spacial score (nSPS) is 9.71. The molecular weight excluding hydrogens is 176 g/mol. The fourth-order valence-electron chi connectivity index (χ4n) is 1.25. The lowest BCUT2D eigenvalue weighted by Crippen LogP contribution is -1.91. The summed E-state index contributed by atoms with van der Waals surface area (Å²) in [5, 5.41) is 8.91. The van der Waals surface area contributed by atoms with Crippen molar-refractivity contribution in [2.75, 3.05) is 0 Å². The van der Waals surface area contributed by atoms with Crippen molar-refractivity contribution in [1.82, 2.24) is 14.5 Å². The minimum Gasteiger partial charge on any atom is -0.325 e. The van der Waals surface area contributed by atoms with Crippen LogP contribution in [0.5, 0.6) is 0 Å². The molecular formula is C10H8N4. The van der Waals surface area contributed by atoms with Crippen molar-refractivity contribution in [3.05, 3.63) is 36.4 Å². The average molecular weight is 184 g/mol. The molecule has 0 unspecified atom stereocenters. The van der Waals surface area contributed by atoms with Gasteiger partial charge in [-0.1, -0.05) is 6.07 Å². The lowest BCUT2D eigenvalue weighted by atomic mass is 10.2. The number of aryl methyl sites for hydroxylation is 1. The monoisotopic (exact) mass is 184 g/mol. The molecule has 2 rings (SSSR count). The predicted octanol–water partition coefficient (Wildman–Crippen LogP) is 1.35. The SMILES string of the molecule is Cn1cnc(-c2ccccn2)c1C#N. The quantitative estimate of drug-likeness (QED) is 0.672. The number of aromatic nitrogens is 3. The van der Waals surface area contributed by atoms with Gasteiger partial charge in [-0.05, 0) is 12.1 Å². The second kappa shape index (κ2) is 3.30. The van der Waals surface area contributed by atoms with Gasteiger partial charge >= 0.3 is 0 Å². The molecule has 0 radical (unpaired) electrons. The molecule has 0 N–H and O–H groups in total. The van der Waals surface area contributed by atoms with Gasteiger partial charge in [0, 0.05) is 13.2 Å². The van der Waals surface area contributed by atoms with Crippen LogP contribution in [-0.2, 0) is 7.05 Å². The van der Waals surface area contributed by atoms with Gasteiger partial charge < -0.3 is 4.57 Å². The highest BCUT2D eigenvalue weighted by Gasteiger charge is 2.10. The van der Waals surface area contributed by atoms with E-state index in [2.05, 4.69) is 16.0 Å². The van der Waals surface area contributed by atoms with Crippen LogP contribution in [0.15, 0.2) is 30.7 Å². The Morgan fingerprint density at radius 2 is 2.21 bits per heavy atom. The average Bonchev–Trinajstić information content (AvgIpc) is 2.61. The molecule has 14 heavy (non-hydrogen) atoms. The first kappa shape index (κ1) is 8.45. The number of rotatable bonds is 1. The summed E-state index contributed by atoms with van der Waals surface area (Å²) in [5.41, 5.74) is 1.89. The lowest BCUT2D eigenvalue weighted by Gasteiger charge is -1.96. The Hall–Kier alpha value is -2.15. The van der Waals surface area contributed by atoms with Crippen molar-refractivity contribution in [1.29, 1.82) is 5.26 Å². The summed E-state index contributed by atoms with van der Waals surface area (Å²) in [6.07, 6.45) is 3.30. The second-order valence-electron chi connectivity index (χ2n) is 2.88. The van der Waals surface area contributed by atoms with Crippen LogP contribution >= 0.6 is 0 Å². The second-order valence-corrected chi connectivity index (χ2v) is 2.88. The third-order valence-electron chi connectivity index (χ3n) is 1.95. The molecule has 0 aliphatic rings. The van der Waals surface area contributed by atoms with E-state index in [1.807, 2.05) is 18.2 Å². The molecule has 0 bridgehead atoms. The number of hydrogen-bond donors (Lipinski definition) is 0. The Kier molecular flexibility index (Phi) is 1.99. The molecule has 0 atom stereocenters. The first-order valence-electron chi connectivity index (χ1n) is 4.15.